The molecule has 2 aromatic heterocycles. The monoisotopic (exact) mass is 221 g/mol. The fourth-order valence-electron chi connectivity index (χ4n) is 1.13. The lowest BCUT2D eigenvalue weighted by molar-refractivity contribution is 0.564. The SMILES string of the molecule is CSc1cc(NCc2ccoc2)ncn1. The van der Waals surface area contributed by atoms with Crippen LogP contribution in [0.3, 0.4) is 0 Å². The second-order valence-electron chi connectivity index (χ2n) is 2.93. The first-order chi connectivity index (χ1) is 7.38. The lowest BCUT2D eigenvalue weighted by atomic mass is 10.3. The largest absolute Gasteiger partial charge is 0.472 e. The molecule has 0 aliphatic carbocycles. The molecule has 0 saturated carbocycles. The standard InChI is InChI=1S/C10H11N3OS/c1-15-10-4-9(12-7-13-10)11-5-8-2-3-14-6-8/h2-4,6-7H,5H2,1H3,(H,11,12,13). The van der Waals surface area contributed by atoms with Crippen molar-refractivity contribution in [2.24, 2.45) is 0 Å². The second-order valence-corrected chi connectivity index (χ2v) is 3.76. The van der Waals surface area contributed by atoms with Gasteiger partial charge in [0, 0.05) is 18.2 Å². The molecule has 0 aromatic carbocycles. The Morgan fingerprint density at radius 1 is 1.47 bits per heavy atom. The highest BCUT2D eigenvalue weighted by Gasteiger charge is 1.98. The first-order valence-electron chi connectivity index (χ1n) is 4.49. The number of thioether (sulfide) groups is 1. The van der Waals surface area contributed by atoms with Crippen molar-refractivity contribution >= 4 is 17.6 Å². The minimum atomic E-state index is 0.710. The lowest BCUT2D eigenvalue weighted by Gasteiger charge is -2.03. The third kappa shape index (κ3) is 2.73. The molecule has 0 amide bonds. The Bertz CT molecular complexity index is 416. The van der Waals surface area contributed by atoms with E-state index in [1.165, 1.54) is 0 Å². The van der Waals surface area contributed by atoms with Gasteiger partial charge >= 0.3 is 0 Å². The zero-order valence-electron chi connectivity index (χ0n) is 8.30. The van der Waals surface area contributed by atoms with E-state index in [0.717, 1.165) is 16.4 Å². The maximum absolute atomic E-state index is 4.97. The van der Waals surface area contributed by atoms with Gasteiger partial charge in [-0.15, -0.1) is 11.8 Å². The zero-order chi connectivity index (χ0) is 10.5. The number of nitrogens with one attached hydrogen (secondary N) is 1. The first kappa shape index (κ1) is 10.0. The zero-order valence-corrected chi connectivity index (χ0v) is 9.12. The molecule has 2 heterocycles. The highest BCUT2D eigenvalue weighted by molar-refractivity contribution is 7.98. The Labute approximate surface area is 92.1 Å². The molecular formula is C10H11N3OS. The minimum absolute atomic E-state index is 0.710. The van der Waals surface area contributed by atoms with Crippen LogP contribution in [0.4, 0.5) is 5.82 Å². The van der Waals surface area contributed by atoms with Crippen LogP contribution in [0, 0.1) is 0 Å². The van der Waals surface area contributed by atoms with E-state index in [4.69, 9.17) is 4.42 Å². The fraction of sp³-hybridized carbons (Fsp3) is 0.200. The number of anilines is 1. The topological polar surface area (TPSA) is 51.0 Å². The van der Waals surface area contributed by atoms with Crippen molar-refractivity contribution in [1.29, 1.82) is 0 Å². The summed E-state index contributed by atoms with van der Waals surface area (Å²) in [5.41, 5.74) is 1.10. The summed E-state index contributed by atoms with van der Waals surface area (Å²) in [5.74, 6) is 0.829. The van der Waals surface area contributed by atoms with Crippen molar-refractivity contribution in [3.63, 3.8) is 0 Å². The average Bonchev–Trinajstić information content (AvgIpc) is 2.79. The van der Waals surface area contributed by atoms with Gasteiger partial charge in [-0.05, 0) is 12.3 Å². The van der Waals surface area contributed by atoms with Crippen LogP contribution in [-0.4, -0.2) is 16.2 Å². The van der Waals surface area contributed by atoms with Crippen molar-refractivity contribution in [3.8, 4) is 0 Å². The third-order valence-electron chi connectivity index (χ3n) is 1.90. The summed E-state index contributed by atoms with van der Waals surface area (Å²) in [6.45, 7) is 0.710. The Hall–Kier alpha value is -1.49. The van der Waals surface area contributed by atoms with Crippen LogP contribution in [0.2, 0.25) is 0 Å². The van der Waals surface area contributed by atoms with Crippen LogP contribution in [0.1, 0.15) is 5.56 Å². The van der Waals surface area contributed by atoms with Crippen molar-refractivity contribution in [2.75, 3.05) is 11.6 Å². The molecule has 0 radical (unpaired) electrons. The molecule has 15 heavy (non-hydrogen) atoms. The maximum Gasteiger partial charge on any atom is 0.130 e. The molecule has 0 aliphatic rings. The number of nitrogens with zero attached hydrogens (tertiary/aromatic N) is 2. The van der Waals surface area contributed by atoms with Gasteiger partial charge in [0.1, 0.15) is 17.2 Å². The smallest absolute Gasteiger partial charge is 0.130 e. The number of hydrogen-bond acceptors (Lipinski definition) is 5. The molecular weight excluding hydrogens is 210 g/mol. The van der Waals surface area contributed by atoms with E-state index >= 15 is 0 Å². The predicted molar refractivity (Wildman–Crippen MR) is 59.8 cm³/mol. The van der Waals surface area contributed by atoms with Crippen LogP contribution in [0.25, 0.3) is 0 Å². The second kappa shape index (κ2) is 4.84. The first-order valence-corrected chi connectivity index (χ1v) is 5.72. The molecule has 4 nitrogen and oxygen atoms in total. The van der Waals surface area contributed by atoms with E-state index in [1.807, 2.05) is 18.4 Å². The van der Waals surface area contributed by atoms with Crippen molar-refractivity contribution < 1.29 is 4.42 Å². The fourth-order valence-corrected chi connectivity index (χ4v) is 1.52. The van der Waals surface area contributed by atoms with Crippen LogP contribution >= 0.6 is 11.8 Å². The number of hydrogen-bond donors (Lipinski definition) is 1. The van der Waals surface area contributed by atoms with Gasteiger partial charge in [0.2, 0.25) is 0 Å². The molecule has 0 bridgehead atoms. The molecule has 0 spiro atoms. The Kier molecular flexibility index (Phi) is 3.24. The van der Waals surface area contributed by atoms with Gasteiger partial charge in [0.05, 0.1) is 12.5 Å². The number of aromatic nitrogens is 2. The average molecular weight is 221 g/mol. The van der Waals surface area contributed by atoms with Crippen LogP contribution in [0.15, 0.2) is 40.4 Å². The minimum Gasteiger partial charge on any atom is -0.472 e. The molecule has 0 unspecified atom stereocenters. The molecule has 2 aromatic rings. The van der Waals surface area contributed by atoms with E-state index in [1.54, 1.807) is 30.6 Å². The van der Waals surface area contributed by atoms with Gasteiger partial charge in [-0.1, -0.05) is 0 Å². The molecule has 0 saturated heterocycles. The van der Waals surface area contributed by atoms with Crippen LogP contribution < -0.4 is 5.32 Å². The third-order valence-corrected chi connectivity index (χ3v) is 2.55. The van der Waals surface area contributed by atoms with Crippen molar-refractivity contribution in [2.45, 2.75) is 11.6 Å². The highest BCUT2D eigenvalue weighted by Crippen LogP contribution is 2.14. The number of furan rings is 1. The summed E-state index contributed by atoms with van der Waals surface area (Å²) in [6.07, 6.45) is 6.92. The van der Waals surface area contributed by atoms with E-state index in [-0.39, 0.29) is 0 Å². The summed E-state index contributed by atoms with van der Waals surface area (Å²) in [7, 11) is 0. The Morgan fingerprint density at radius 2 is 2.40 bits per heavy atom. The molecule has 78 valence electrons. The maximum atomic E-state index is 4.97. The van der Waals surface area contributed by atoms with Crippen molar-refractivity contribution in [3.05, 3.63) is 36.5 Å². The van der Waals surface area contributed by atoms with Gasteiger partial charge in [-0.25, -0.2) is 9.97 Å². The predicted octanol–water partition coefficient (Wildman–Crippen LogP) is 2.40. The van der Waals surface area contributed by atoms with E-state index in [9.17, 15) is 0 Å². The molecule has 0 fully saturated rings. The summed E-state index contributed by atoms with van der Waals surface area (Å²) < 4.78 is 4.97. The van der Waals surface area contributed by atoms with Gasteiger partial charge < -0.3 is 9.73 Å². The summed E-state index contributed by atoms with van der Waals surface area (Å²) in [5, 5.41) is 4.16. The summed E-state index contributed by atoms with van der Waals surface area (Å²) >= 11 is 1.60. The quantitative estimate of drug-likeness (QED) is 0.634. The molecule has 0 atom stereocenters. The summed E-state index contributed by atoms with van der Waals surface area (Å²) in [4.78, 5) is 8.22. The molecule has 5 heteroatoms. The van der Waals surface area contributed by atoms with E-state index in [2.05, 4.69) is 15.3 Å². The molecule has 2 rings (SSSR count). The van der Waals surface area contributed by atoms with Gasteiger partial charge in [0.15, 0.2) is 0 Å². The summed E-state index contributed by atoms with van der Waals surface area (Å²) in [6, 6.07) is 3.84. The molecule has 1 N–H and O–H groups in total. The van der Waals surface area contributed by atoms with Gasteiger partial charge in [-0.2, -0.15) is 0 Å². The van der Waals surface area contributed by atoms with Crippen molar-refractivity contribution in [1.82, 2.24) is 9.97 Å². The van der Waals surface area contributed by atoms with Gasteiger partial charge in [0.25, 0.3) is 0 Å². The van der Waals surface area contributed by atoms with Crippen LogP contribution in [0.5, 0.6) is 0 Å². The highest BCUT2D eigenvalue weighted by atomic mass is 32.2. The Balaban J connectivity index is 1.98. The van der Waals surface area contributed by atoms with E-state index < -0.39 is 0 Å². The van der Waals surface area contributed by atoms with Gasteiger partial charge in [-0.3, -0.25) is 0 Å². The normalized spacial score (nSPS) is 10.2. The van der Waals surface area contributed by atoms with Crippen LogP contribution in [-0.2, 0) is 6.54 Å². The molecule has 0 aliphatic heterocycles. The Morgan fingerprint density at radius 3 is 3.13 bits per heavy atom. The van der Waals surface area contributed by atoms with E-state index in [0.29, 0.717) is 6.54 Å². The number of rotatable bonds is 4. The lowest BCUT2D eigenvalue weighted by Crippen LogP contribution is -2.00.